The summed E-state index contributed by atoms with van der Waals surface area (Å²) < 4.78 is 24.7. The number of para-hydroxylation sites is 1. The number of hydrogen-bond acceptors (Lipinski definition) is 3. The zero-order valence-electron chi connectivity index (χ0n) is 15.5. The van der Waals surface area contributed by atoms with Crippen LogP contribution in [-0.2, 0) is 13.2 Å². The maximum Gasteiger partial charge on any atom is 0.166 e. The molecule has 0 heterocycles. The van der Waals surface area contributed by atoms with Crippen LogP contribution in [0, 0.1) is 5.82 Å². The van der Waals surface area contributed by atoms with Crippen molar-refractivity contribution in [1.82, 2.24) is 5.32 Å². The standard InChI is InChI=1S/C21H25ClFNO2.ClH/c1-25-20-9-5-6-15(13-24-18-7-3-2-4-8-18)21(20)26-14-16-10-11-17(23)12-19(16)22;/h5-6,9-12,18,24H,2-4,7-8,13-14H2,1H3;1H. The van der Waals surface area contributed by atoms with E-state index in [4.69, 9.17) is 21.1 Å². The van der Waals surface area contributed by atoms with Gasteiger partial charge in [-0.25, -0.2) is 4.39 Å². The molecule has 0 amide bonds. The fraction of sp³-hybridized carbons (Fsp3) is 0.429. The van der Waals surface area contributed by atoms with Gasteiger partial charge in [0.25, 0.3) is 0 Å². The quantitative estimate of drug-likeness (QED) is 0.611. The van der Waals surface area contributed by atoms with Gasteiger partial charge in [-0.15, -0.1) is 12.4 Å². The predicted octanol–water partition coefficient (Wildman–Crippen LogP) is 5.91. The molecule has 1 aliphatic rings. The van der Waals surface area contributed by atoms with Gasteiger partial charge >= 0.3 is 0 Å². The first-order valence-corrected chi connectivity index (χ1v) is 9.51. The second-order valence-electron chi connectivity index (χ2n) is 6.69. The Balaban J connectivity index is 0.00000261. The van der Waals surface area contributed by atoms with Crippen molar-refractivity contribution in [2.45, 2.75) is 51.3 Å². The van der Waals surface area contributed by atoms with Gasteiger partial charge in [-0.05, 0) is 31.0 Å². The monoisotopic (exact) mass is 413 g/mol. The minimum atomic E-state index is -0.353. The van der Waals surface area contributed by atoms with Crippen molar-refractivity contribution in [3.05, 3.63) is 58.4 Å². The summed E-state index contributed by atoms with van der Waals surface area (Å²) in [4.78, 5) is 0. The molecular formula is C21H26Cl2FNO2. The maximum atomic E-state index is 13.2. The van der Waals surface area contributed by atoms with Crippen molar-refractivity contribution in [2.24, 2.45) is 0 Å². The summed E-state index contributed by atoms with van der Waals surface area (Å²) >= 11 is 6.11. The number of benzene rings is 2. The number of ether oxygens (including phenoxy) is 2. The van der Waals surface area contributed by atoms with E-state index >= 15 is 0 Å². The van der Waals surface area contributed by atoms with Crippen LogP contribution in [0.2, 0.25) is 5.02 Å². The zero-order valence-corrected chi connectivity index (χ0v) is 17.0. The molecule has 3 rings (SSSR count). The van der Waals surface area contributed by atoms with Crippen molar-refractivity contribution in [3.63, 3.8) is 0 Å². The highest BCUT2D eigenvalue weighted by atomic mass is 35.5. The fourth-order valence-corrected chi connectivity index (χ4v) is 3.60. The molecule has 1 saturated carbocycles. The molecule has 0 saturated heterocycles. The molecule has 148 valence electrons. The van der Waals surface area contributed by atoms with Gasteiger partial charge in [0.2, 0.25) is 0 Å². The topological polar surface area (TPSA) is 30.5 Å². The summed E-state index contributed by atoms with van der Waals surface area (Å²) in [7, 11) is 1.63. The Bertz CT molecular complexity index is 736. The molecule has 2 aromatic carbocycles. The molecule has 0 bridgehead atoms. The lowest BCUT2D eigenvalue weighted by Gasteiger charge is -2.24. The lowest BCUT2D eigenvalue weighted by Crippen LogP contribution is -2.30. The molecule has 0 spiro atoms. The molecule has 0 radical (unpaired) electrons. The van der Waals surface area contributed by atoms with E-state index in [1.165, 1.54) is 44.2 Å². The maximum absolute atomic E-state index is 13.2. The lowest BCUT2D eigenvalue weighted by molar-refractivity contribution is 0.279. The molecule has 1 fully saturated rings. The highest BCUT2D eigenvalue weighted by Crippen LogP contribution is 2.33. The molecule has 6 heteroatoms. The van der Waals surface area contributed by atoms with Crippen molar-refractivity contribution in [2.75, 3.05) is 7.11 Å². The van der Waals surface area contributed by atoms with Crippen LogP contribution in [0.5, 0.6) is 11.5 Å². The number of nitrogens with one attached hydrogen (secondary N) is 1. The van der Waals surface area contributed by atoms with E-state index in [1.807, 2.05) is 18.2 Å². The molecule has 3 nitrogen and oxygen atoms in total. The highest BCUT2D eigenvalue weighted by molar-refractivity contribution is 6.31. The molecule has 0 aromatic heterocycles. The first kappa shape index (κ1) is 21.8. The lowest BCUT2D eigenvalue weighted by atomic mass is 9.95. The summed E-state index contributed by atoms with van der Waals surface area (Å²) in [5.41, 5.74) is 1.79. The number of methoxy groups -OCH3 is 1. The van der Waals surface area contributed by atoms with E-state index < -0.39 is 0 Å². The second-order valence-corrected chi connectivity index (χ2v) is 7.10. The van der Waals surface area contributed by atoms with Crippen LogP contribution in [0.1, 0.15) is 43.2 Å². The van der Waals surface area contributed by atoms with Crippen LogP contribution in [0.15, 0.2) is 36.4 Å². The average molecular weight is 414 g/mol. The normalized spacial score (nSPS) is 14.5. The van der Waals surface area contributed by atoms with Gasteiger partial charge in [0.05, 0.1) is 12.1 Å². The average Bonchev–Trinajstić information content (AvgIpc) is 2.66. The summed E-state index contributed by atoms with van der Waals surface area (Å²) in [6.07, 6.45) is 6.38. The minimum absolute atomic E-state index is 0. The summed E-state index contributed by atoms with van der Waals surface area (Å²) in [5.74, 6) is 1.04. The SMILES string of the molecule is COc1cccc(CNC2CCCCC2)c1OCc1ccc(F)cc1Cl.Cl. The van der Waals surface area contributed by atoms with Crippen molar-refractivity contribution in [1.29, 1.82) is 0 Å². The van der Waals surface area contributed by atoms with Gasteiger partial charge < -0.3 is 14.8 Å². The Morgan fingerprint density at radius 1 is 1.11 bits per heavy atom. The summed E-state index contributed by atoms with van der Waals surface area (Å²) in [6.45, 7) is 0.990. The smallest absolute Gasteiger partial charge is 0.166 e. The minimum Gasteiger partial charge on any atom is -0.493 e. The molecular weight excluding hydrogens is 388 g/mol. The number of hydrogen-bond donors (Lipinski definition) is 1. The third kappa shape index (κ3) is 6.00. The van der Waals surface area contributed by atoms with Crippen molar-refractivity contribution >= 4 is 24.0 Å². The number of rotatable bonds is 7. The Kier molecular flexibility index (Phi) is 8.68. The van der Waals surface area contributed by atoms with Crippen LogP contribution < -0.4 is 14.8 Å². The fourth-order valence-electron chi connectivity index (χ4n) is 3.37. The molecule has 0 unspecified atom stereocenters. The largest absolute Gasteiger partial charge is 0.493 e. The van der Waals surface area contributed by atoms with Gasteiger partial charge in [0.1, 0.15) is 12.4 Å². The van der Waals surface area contributed by atoms with E-state index in [0.29, 0.717) is 22.6 Å². The third-order valence-corrected chi connectivity index (χ3v) is 5.21. The van der Waals surface area contributed by atoms with E-state index in [9.17, 15) is 4.39 Å². The summed E-state index contributed by atoms with van der Waals surface area (Å²) in [5, 5.41) is 4.00. The van der Waals surface area contributed by atoms with Gasteiger partial charge in [0, 0.05) is 23.7 Å². The zero-order chi connectivity index (χ0) is 18.4. The van der Waals surface area contributed by atoms with Gasteiger partial charge in [-0.1, -0.05) is 49.1 Å². The molecule has 1 aliphatic carbocycles. The predicted molar refractivity (Wildman–Crippen MR) is 110 cm³/mol. The Labute approximate surface area is 171 Å². The van der Waals surface area contributed by atoms with E-state index in [0.717, 1.165) is 17.7 Å². The van der Waals surface area contributed by atoms with Gasteiger partial charge in [-0.2, -0.15) is 0 Å². The van der Waals surface area contributed by atoms with E-state index in [1.54, 1.807) is 13.2 Å². The Morgan fingerprint density at radius 2 is 1.89 bits per heavy atom. The van der Waals surface area contributed by atoms with E-state index in [-0.39, 0.29) is 24.8 Å². The molecule has 27 heavy (non-hydrogen) atoms. The summed E-state index contributed by atoms with van der Waals surface area (Å²) in [6, 6.07) is 10.8. The Morgan fingerprint density at radius 3 is 2.59 bits per heavy atom. The third-order valence-electron chi connectivity index (χ3n) is 4.85. The highest BCUT2D eigenvalue weighted by Gasteiger charge is 2.16. The van der Waals surface area contributed by atoms with Crippen LogP contribution in [0.25, 0.3) is 0 Å². The Hall–Kier alpha value is -1.49. The molecule has 1 N–H and O–H groups in total. The van der Waals surface area contributed by atoms with Gasteiger partial charge in [-0.3, -0.25) is 0 Å². The first-order chi connectivity index (χ1) is 12.7. The van der Waals surface area contributed by atoms with Crippen LogP contribution in [-0.4, -0.2) is 13.2 Å². The van der Waals surface area contributed by atoms with Crippen molar-refractivity contribution in [3.8, 4) is 11.5 Å². The molecule has 0 aliphatic heterocycles. The van der Waals surface area contributed by atoms with Crippen LogP contribution in [0.4, 0.5) is 4.39 Å². The van der Waals surface area contributed by atoms with Gasteiger partial charge in [0.15, 0.2) is 11.5 Å². The van der Waals surface area contributed by atoms with Crippen LogP contribution in [0.3, 0.4) is 0 Å². The first-order valence-electron chi connectivity index (χ1n) is 9.13. The number of halogens is 3. The van der Waals surface area contributed by atoms with E-state index in [2.05, 4.69) is 5.32 Å². The second kappa shape index (κ2) is 10.7. The van der Waals surface area contributed by atoms with Crippen LogP contribution >= 0.6 is 24.0 Å². The van der Waals surface area contributed by atoms with Crippen molar-refractivity contribution < 1.29 is 13.9 Å². The molecule has 0 atom stereocenters. The molecule has 2 aromatic rings.